The molecular formula is C25H30N4. The molecular weight excluding hydrogens is 356 g/mol. The third-order valence-corrected chi connectivity index (χ3v) is 6.39. The molecule has 0 bridgehead atoms. The third kappa shape index (κ3) is 4.14. The molecule has 2 aliphatic rings. The van der Waals surface area contributed by atoms with Crippen LogP contribution in [0.1, 0.15) is 31.2 Å². The van der Waals surface area contributed by atoms with Crippen molar-refractivity contribution in [3.8, 4) is 16.9 Å². The Morgan fingerprint density at radius 2 is 1.55 bits per heavy atom. The van der Waals surface area contributed by atoms with Crippen molar-refractivity contribution in [1.29, 1.82) is 0 Å². The van der Waals surface area contributed by atoms with Crippen molar-refractivity contribution >= 4 is 0 Å². The Bertz CT molecular complexity index is 913. The maximum absolute atomic E-state index is 4.99. The van der Waals surface area contributed by atoms with Crippen molar-refractivity contribution < 1.29 is 0 Å². The molecule has 2 aromatic carbocycles. The Balaban J connectivity index is 1.41. The average molecular weight is 387 g/mol. The molecule has 1 aromatic heterocycles. The van der Waals surface area contributed by atoms with Crippen LogP contribution in [0.15, 0.2) is 66.9 Å². The molecule has 0 radical (unpaired) electrons. The number of para-hydroxylation sites is 1. The number of likely N-dealkylation sites (tertiary alicyclic amines) is 2. The first kappa shape index (κ1) is 18.6. The fraction of sp³-hybridized carbons (Fsp3) is 0.400. The smallest absolute Gasteiger partial charge is 0.0972 e. The van der Waals surface area contributed by atoms with Crippen LogP contribution in [0, 0.1) is 0 Å². The molecule has 0 spiro atoms. The first-order valence-electron chi connectivity index (χ1n) is 11.0. The lowest BCUT2D eigenvalue weighted by molar-refractivity contribution is 0.111. The highest BCUT2D eigenvalue weighted by atomic mass is 15.3. The zero-order valence-corrected chi connectivity index (χ0v) is 17.1. The SMILES string of the molecule is c1ccc(-c2nn(-c3ccccc3)cc2CN2CCCC(N3CCCC3)C2)cc1. The van der Waals surface area contributed by atoms with Gasteiger partial charge < -0.3 is 0 Å². The van der Waals surface area contributed by atoms with Crippen molar-refractivity contribution in [3.63, 3.8) is 0 Å². The van der Waals surface area contributed by atoms with Crippen molar-refractivity contribution in [3.05, 3.63) is 72.4 Å². The van der Waals surface area contributed by atoms with E-state index in [1.54, 1.807) is 0 Å². The minimum absolute atomic E-state index is 0.732. The third-order valence-electron chi connectivity index (χ3n) is 6.39. The van der Waals surface area contributed by atoms with Gasteiger partial charge in [-0.05, 0) is 57.5 Å². The molecule has 3 aromatic rings. The Morgan fingerprint density at radius 1 is 0.828 bits per heavy atom. The van der Waals surface area contributed by atoms with Gasteiger partial charge in [0.25, 0.3) is 0 Å². The Labute approximate surface area is 173 Å². The summed E-state index contributed by atoms with van der Waals surface area (Å²) < 4.78 is 2.04. The fourth-order valence-electron chi connectivity index (χ4n) is 4.90. The maximum atomic E-state index is 4.99. The summed E-state index contributed by atoms with van der Waals surface area (Å²) in [5.74, 6) is 0. The van der Waals surface area contributed by atoms with E-state index in [1.165, 1.54) is 63.0 Å². The van der Waals surface area contributed by atoms with Crippen molar-refractivity contribution in [1.82, 2.24) is 19.6 Å². The lowest BCUT2D eigenvalue weighted by atomic mass is 10.0. The van der Waals surface area contributed by atoms with Crippen LogP contribution in [-0.2, 0) is 6.54 Å². The molecule has 0 saturated carbocycles. The summed E-state index contributed by atoms with van der Waals surface area (Å²) in [6.07, 6.45) is 7.63. The zero-order valence-electron chi connectivity index (χ0n) is 17.1. The number of piperidine rings is 1. The standard InChI is InChI=1S/C25H30N4/c1-3-10-21(11-4-1)25-22(19-29(26-25)23-12-5-2-6-13-23)18-27-15-9-14-24(20-27)28-16-7-8-17-28/h1-6,10-13,19,24H,7-9,14-18,20H2. The fourth-order valence-corrected chi connectivity index (χ4v) is 4.90. The number of benzene rings is 2. The zero-order chi connectivity index (χ0) is 19.5. The van der Waals surface area contributed by atoms with E-state index in [4.69, 9.17) is 5.10 Å². The first-order valence-corrected chi connectivity index (χ1v) is 11.0. The summed E-state index contributed by atoms with van der Waals surface area (Å²) in [5, 5.41) is 4.99. The summed E-state index contributed by atoms with van der Waals surface area (Å²) in [5.41, 5.74) is 4.75. The predicted molar refractivity (Wildman–Crippen MR) is 118 cm³/mol. The number of hydrogen-bond acceptors (Lipinski definition) is 3. The normalized spacial score (nSPS) is 20.9. The van der Waals surface area contributed by atoms with Gasteiger partial charge in [-0.1, -0.05) is 48.5 Å². The van der Waals surface area contributed by atoms with Crippen LogP contribution >= 0.6 is 0 Å². The summed E-state index contributed by atoms with van der Waals surface area (Å²) in [4.78, 5) is 5.36. The van der Waals surface area contributed by atoms with E-state index in [0.29, 0.717) is 0 Å². The largest absolute Gasteiger partial charge is 0.299 e. The van der Waals surface area contributed by atoms with E-state index >= 15 is 0 Å². The van der Waals surface area contributed by atoms with Gasteiger partial charge in [0.15, 0.2) is 0 Å². The summed E-state index contributed by atoms with van der Waals surface area (Å²) in [6.45, 7) is 5.93. The lowest BCUT2D eigenvalue weighted by Gasteiger charge is -2.37. The van der Waals surface area contributed by atoms with E-state index in [1.807, 2.05) is 4.68 Å². The molecule has 2 aliphatic heterocycles. The Hall–Kier alpha value is -2.43. The molecule has 150 valence electrons. The molecule has 2 saturated heterocycles. The monoisotopic (exact) mass is 386 g/mol. The van der Waals surface area contributed by atoms with E-state index in [2.05, 4.69) is 76.7 Å². The van der Waals surface area contributed by atoms with Crippen LogP contribution in [0.4, 0.5) is 0 Å². The summed E-state index contributed by atoms with van der Waals surface area (Å²) >= 11 is 0. The van der Waals surface area contributed by atoms with Gasteiger partial charge in [-0.15, -0.1) is 0 Å². The molecule has 4 heteroatoms. The van der Waals surface area contributed by atoms with E-state index in [0.717, 1.165) is 24.0 Å². The highest BCUT2D eigenvalue weighted by Crippen LogP contribution is 2.27. The molecule has 29 heavy (non-hydrogen) atoms. The van der Waals surface area contributed by atoms with Crippen LogP contribution in [-0.4, -0.2) is 51.8 Å². The van der Waals surface area contributed by atoms with Gasteiger partial charge in [0.1, 0.15) is 0 Å². The van der Waals surface area contributed by atoms with E-state index in [-0.39, 0.29) is 0 Å². The number of aromatic nitrogens is 2. The van der Waals surface area contributed by atoms with E-state index < -0.39 is 0 Å². The first-order chi connectivity index (χ1) is 14.4. The van der Waals surface area contributed by atoms with E-state index in [9.17, 15) is 0 Å². The summed E-state index contributed by atoms with van der Waals surface area (Å²) in [6, 6.07) is 21.8. The van der Waals surface area contributed by atoms with Crippen LogP contribution in [0.2, 0.25) is 0 Å². The van der Waals surface area contributed by atoms with Gasteiger partial charge in [-0.2, -0.15) is 5.10 Å². The van der Waals surface area contributed by atoms with Crippen LogP contribution in [0.25, 0.3) is 16.9 Å². The highest BCUT2D eigenvalue weighted by Gasteiger charge is 2.27. The number of rotatable bonds is 5. The van der Waals surface area contributed by atoms with Crippen molar-refractivity contribution in [2.75, 3.05) is 26.2 Å². The molecule has 2 fully saturated rings. The lowest BCUT2D eigenvalue weighted by Crippen LogP contribution is -2.46. The highest BCUT2D eigenvalue weighted by molar-refractivity contribution is 5.63. The quantitative estimate of drug-likeness (QED) is 0.640. The molecule has 5 rings (SSSR count). The average Bonchev–Trinajstić information content (AvgIpc) is 3.46. The molecule has 1 atom stereocenters. The molecule has 0 N–H and O–H groups in total. The van der Waals surface area contributed by atoms with Gasteiger partial charge in [0.2, 0.25) is 0 Å². The van der Waals surface area contributed by atoms with Gasteiger partial charge in [-0.3, -0.25) is 9.80 Å². The van der Waals surface area contributed by atoms with Crippen LogP contribution in [0.5, 0.6) is 0 Å². The second-order valence-corrected chi connectivity index (χ2v) is 8.42. The van der Waals surface area contributed by atoms with Crippen molar-refractivity contribution in [2.45, 2.75) is 38.3 Å². The molecule has 4 nitrogen and oxygen atoms in total. The van der Waals surface area contributed by atoms with Crippen molar-refractivity contribution in [2.24, 2.45) is 0 Å². The van der Waals surface area contributed by atoms with Gasteiger partial charge in [0, 0.05) is 36.5 Å². The molecule has 0 amide bonds. The topological polar surface area (TPSA) is 24.3 Å². The van der Waals surface area contributed by atoms with Gasteiger partial charge in [-0.25, -0.2) is 4.68 Å². The molecule has 0 aliphatic carbocycles. The predicted octanol–water partition coefficient (Wildman–Crippen LogP) is 4.60. The Kier molecular flexibility index (Phi) is 5.46. The van der Waals surface area contributed by atoms with Crippen LogP contribution < -0.4 is 0 Å². The minimum atomic E-state index is 0.732. The van der Waals surface area contributed by atoms with Crippen LogP contribution in [0.3, 0.4) is 0 Å². The maximum Gasteiger partial charge on any atom is 0.0972 e. The second kappa shape index (κ2) is 8.52. The molecule has 1 unspecified atom stereocenters. The minimum Gasteiger partial charge on any atom is -0.299 e. The number of nitrogens with zero attached hydrogens (tertiary/aromatic N) is 4. The van der Waals surface area contributed by atoms with Gasteiger partial charge >= 0.3 is 0 Å². The summed E-state index contributed by atoms with van der Waals surface area (Å²) in [7, 11) is 0. The van der Waals surface area contributed by atoms with Gasteiger partial charge in [0.05, 0.1) is 11.4 Å². The number of hydrogen-bond donors (Lipinski definition) is 0. The Morgan fingerprint density at radius 3 is 2.31 bits per heavy atom. The second-order valence-electron chi connectivity index (χ2n) is 8.42. The molecule has 3 heterocycles.